The van der Waals surface area contributed by atoms with Crippen molar-refractivity contribution in [2.24, 2.45) is 23.0 Å². The van der Waals surface area contributed by atoms with Crippen LogP contribution in [-0.4, -0.2) is 29.1 Å². The summed E-state index contributed by atoms with van der Waals surface area (Å²) in [7, 11) is 0. The van der Waals surface area contributed by atoms with E-state index in [0.29, 0.717) is 12.8 Å². The van der Waals surface area contributed by atoms with Gasteiger partial charge in [0.05, 0.1) is 5.92 Å². The molecule has 0 aromatic rings. The Morgan fingerprint density at radius 2 is 2.00 bits per heavy atom. The summed E-state index contributed by atoms with van der Waals surface area (Å²) in [5, 5.41) is 12.4. The van der Waals surface area contributed by atoms with Crippen molar-refractivity contribution in [3.05, 3.63) is 0 Å². The van der Waals surface area contributed by atoms with E-state index in [1.54, 1.807) is 0 Å². The van der Waals surface area contributed by atoms with Crippen LogP contribution in [0.1, 0.15) is 59.8 Å². The summed E-state index contributed by atoms with van der Waals surface area (Å²) in [5.74, 6) is -0.972. The molecule has 0 bridgehead atoms. The smallest absolute Gasteiger partial charge is 0.307 e. The van der Waals surface area contributed by atoms with Crippen LogP contribution in [0.3, 0.4) is 0 Å². The Kier molecular flexibility index (Phi) is 6.20. The second-order valence-corrected chi connectivity index (χ2v) is 7.01. The Labute approximate surface area is 127 Å². The van der Waals surface area contributed by atoms with E-state index in [2.05, 4.69) is 12.2 Å². The van der Waals surface area contributed by atoms with Gasteiger partial charge in [-0.2, -0.15) is 0 Å². The van der Waals surface area contributed by atoms with Crippen molar-refractivity contribution in [1.29, 1.82) is 0 Å². The molecule has 0 spiro atoms. The van der Waals surface area contributed by atoms with Crippen LogP contribution in [0.4, 0.5) is 0 Å². The lowest BCUT2D eigenvalue weighted by Crippen LogP contribution is -2.52. The average Bonchev–Trinajstić information content (AvgIpc) is 2.34. The molecule has 4 atom stereocenters. The first kappa shape index (κ1) is 18.0. The molecule has 0 aromatic heterocycles. The van der Waals surface area contributed by atoms with Gasteiger partial charge in [-0.3, -0.25) is 9.59 Å². The van der Waals surface area contributed by atoms with Gasteiger partial charge in [-0.25, -0.2) is 0 Å². The zero-order chi connectivity index (χ0) is 16.2. The van der Waals surface area contributed by atoms with Crippen molar-refractivity contribution >= 4 is 11.9 Å². The maximum absolute atomic E-state index is 12.1. The first-order chi connectivity index (χ1) is 9.70. The maximum atomic E-state index is 12.1. The molecule has 1 amide bonds. The Balaban J connectivity index is 2.62. The van der Waals surface area contributed by atoms with Crippen LogP contribution >= 0.6 is 0 Å². The number of rotatable bonds is 6. The third kappa shape index (κ3) is 4.43. The fraction of sp³-hybridized carbons (Fsp3) is 0.875. The van der Waals surface area contributed by atoms with Gasteiger partial charge < -0.3 is 16.2 Å². The molecule has 122 valence electrons. The summed E-state index contributed by atoms with van der Waals surface area (Å²) in [4.78, 5) is 23.4. The highest BCUT2D eigenvalue weighted by atomic mass is 16.4. The van der Waals surface area contributed by atoms with Crippen molar-refractivity contribution in [1.82, 2.24) is 5.32 Å². The number of carboxylic acid groups (broad SMARTS) is 1. The van der Waals surface area contributed by atoms with E-state index in [1.165, 1.54) is 0 Å². The van der Waals surface area contributed by atoms with E-state index in [-0.39, 0.29) is 35.2 Å². The van der Waals surface area contributed by atoms with Crippen LogP contribution in [0.15, 0.2) is 0 Å². The average molecular weight is 298 g/mol. The molecule has 4 unspecified atom stereocenters. The van der Waals surface area contributed by atoms with Crippen LogP contribution < -0.4 is 11.1 Å². The predicted octanol–water partition coefficient (Wildman–Crippen LogP) is 2.15. The highest BCUT2D eigenvalue weighted by Gasteiger charge is 2.46. The fourth-order valence-corrected chi connectivity index (χ4v) is 3.42. The number of amides is 1. The molecular weight excluding hydrogens is 268 g/mol. The molecule has 1 aliphatic rings. The summed E-state index contributed by atoms with van der Waals surface area (Å²) in [6.07, 6.45) is 3.50. The van der Waals surface area contributed by atoms with Crippen LogP contribution in [0.25, 0.3) is 0 Å². The second kappa shape index (κ2) is 7.25. The largest absolute Gasteiger partial charge is 0.481 e. The van der Waals surface area contributed by atoms with E-state index in [0.717, 1.165) is 19.3 Å². The second-order valence-electron chi connectivity index (χ2n) is 7.01. The summed E-state index contributed by atoms with van der Waals surface area (Å²) in [5.41, 5.74) is 5.58. The zero-order valence-electron chi connectivity index (χ0n) is 13.7. The van der Waals surface area contributed by atoms with E-state index in [9.17, 15) is 14.7 Å². The van der Waals surface area contributed by atoms with Gasteiger partial charge in [-0.15, -0.1) is 0 Å². The molecule has 0 heterocycles. The zero-order valence-corrected chi connectivity index (χ0v) is 13.7. The van der Waals surface area contributed by atoms with Gasteiger partial charge in [-0.05, 0) is 30.6 Å². The normalized spacial score (nSPS) is 29.7. The van der Waals surface area contributed by atoms with E-state index < -0.39 is 5.97 Å². The van der Waals surface area contributed by atoms with Gasteiger partial charge >= 0.3 is 5.97 Å². The van der Waals surface area contributed by atoms with E-state index >= 15 is 0 Å². The topological polar surface area (TPSA) is 92.4 Å². The molecule has 0 radical (unpaired) electrons. The predicted molar refractivity (Wildman–Crippen MR) is 82.7 cm³/mol. The lowest BCUT2D eigenvalue weighted by atomic mass is 9.61. The highest BCUT2D eigenvalue weighted by molar-refractivity contribution is 5.77. The number of nitrogens with one attached hydrogen (secondary N) is 1. The minimum atomic E-state index is -0.735. The molecule has 1 aliphatic carbocycles. The number of hydrogen-bond acceptors (Lipinski definition) is 3. The van der Waals surface area contributed by atoms with Crippen molar-refractivity contribution < 1.29 is 14.7 Å². The van der Waals surface area contributed by atoms with Crippen molar-refractivity contribution in [2.45, 2.75) is 71.9 Å². The van der Waals surface area contributed by atoms with Gasteiger partial charge in [0.2, 0.25) is 5.91 Å². The van der Waals surface area contributed by atoms with Crippen molar-refractivity contribution in [2.75, 3.05) is 0 Å². The molecule has 4 N–H and O–H groups in total. The summed E-state index contributed by atoms with van der Waals surface area (Å²) in [6, 6.07) is -0.0504. The van der Waals surface area contributed by atoms with Gasteiger partial charge in [-0.1, -0.05) is 34.1 Å². The quantitative estimate of drug-likeness (QED) is 0.700. The Morgan fingerprint density at radius 1 is 1.38 bits per heavy atom. The number of nitrogens with two attached hydrogens (primary N) is 1. The number of carbonyl (C=O) groups is 2. The Bertz CT molecular complexity index is 382. The van der Waals surface area contributed by atoms with Crippen LogP contribution in [0.5, 0.6) is 0 Å². The molecule has 1 rings (SSSR count). The first-order valence-corrected chi connectivity index (χ1v) is 7.97. The molecular formula is C16H30N2O3. The van der Waals surface area contributed by atoms with Gasteiger partial charge in [0.15, 0.2) is 0 Å². The van der Waals surface area contributed by atoms with Gasteiger partial charge in [0.1, 0.15) is 0 Å². The molecule has 1 fully saturated rings. The Hall–Kier alpha value is -1.10. The SMILES string of the molecule is CCCC(N)CC(=O)NC1CCC(C(=O)O)C(C)(C)C1C. The van der Waals surface area contributed by atoms with Crippen LogP contribution in [0, 0.1) is 17.3 Å². The van der Waals surface area contributed by atoms with Crippen molar-refractivity contribution in [3.8, 4) is 0 Å². The minimum Gasteiger partial charge on any atom is -0.481 e. The molecule has 0 aromatic carbocycles. The number of carboxylic acids is 1. The van der Waals surface area contributed by atoms with Crippen LogP contribution in [-0.2, 0) is 9.59 Å². The molecule has 1 saturated carbocycles. The van der Waals surface area contributed by atoms with Gasteiger partial charge in [0, 0.05) is 18.5 Å². The van der Waals surface area contributed by atoms with E-state index in [1.807, 2.05) is 20.8 Å². The molecule has 5 heteroatoms. The lowest BCUT2D eigenvalue weighted by Gasteiger charge is -2.46. The van der Waals surface area contributed by atoms with Gasteiger partial charge in [0.25, 0.3) is 0 Å². The third-order valence-electron chi connectivity index (χ3n) is 5.19. The molecule has 0 saturated heterocycles. The molecule has 5 nitrogen and oxygen atoms in total. The van der Waals surface area contributed by atoms with Crippen LogP contribution in [0.2, 0.25) is 0 Å². The van der Waals surface area contributed by atoms with Crippen molar-refractivity contribution in [3.63, 3.8) is 0 Å². The number of aliphatic carboxylic acids is 1. The first-order valence-electron chi connectivity index (χ1n) is 7.97. The minimum absolute atomic E-state index is 0.0163. The van der Waals surface area contributed by atoms with E-state index in [4.69, 9.17) is 5.73 Å². The summed E-state index contributed by atoms with van der Waals surface area (Å²) >= 11 is 0. The molecule has 0 aliphatic heterocycles. The molecule has 21 heavy (non-hydrogen) atoms. The number of hydrogen-bond donors (Lipinski definition) is 3. The highest BCUT2D eigenvalue weighted by Crippen LogP contribution is 2.45. The monoisotopic (exact) mass is 298 g/mol. The summed E-state index contributed by atoms with van der Waals surface area (Å²) < 4.78 is 0. The maximum Gasteiger partial charge on any atom is 0.307 e. The standard InChI is InChI=1S/C16H30N2O3/c1-5-6-11(17)9-14(19)18-13-8-7-12(15(20)21)16(3,4)10(13)2/h10-13H,5-9,17H2,1-4H3,(H,18,19)(H,20,21). The third-order valence-corrected chi connectivity index (χ3v) is 5.19. The fourth-order valence-electron chi connectivity index (χ4n) is 3.42. The number of carbonyl (C=O) groups excluding carboxylic acids is 1. The summed E-state index contributed by atoms with van der Waals surface area (Å²) in [6.45, 7) is 8.05. The Morgan fingerprint density at radius 3 is 2.52 bits per heavy atom. The lowest BCUT2D eigenvalue weighted by molar-refractivity contribution is -0.150.